The van der Waals surface area contributed by atoms with Crippen LogP contribution in [0.5, 0.6) is 0 Å². The summed E-state index contributed by atoms with van der Waals surface area (Å²) >= 11 is 0. The molecule has 0 N–H and O–H groups in total. The summed E-state index contributed by atoms with van der Waals surface area (Å²) in [6.07, 6.45) is 1.84. The summed E-state index contributed by atoms with van der Waals surface area (Å²) in [7, 11) is 1.47. The van der Waals surface area contributed by atoms with Gasteiger partial charge in [-0.3, -0.25) is 4.79 Å². The maximum Gasteiger partial charge on any atom is 0.316 e. The molecule has 1 aliphatic rings. The number of hydrogen-bond donors (Lipinski definition) is 0. The Labute approximate surface area is 90.3 Å². The van der Waals surface area contributed by atoms with Gasteiger partial charge in [-0.15, -0.1) is 0 Å². The fourth-order valence-corrected chi connectivity index (χ4v) is 2.17. The van der Waals surface area contributed by atoms with E-state index in [0.717, 1.165) is 18.4 Å². The monoisotopic (exact) mass is 204 g/mol. The summed E-state index contributed by atoms with van der Waals surface area (Å²) in [5.74, 6) is -0.0869. The van der Waals surface area contributed by atoms with Gasteiger partial charge in [-0.05, 0) is 43.4 Å². The van der Waals surface area contributed by atoms with Gasteiger partial charge in [0, 0.05) is 0 Å². The molecule has 0 bridgehead atoms. The zero-order chi connectivity index (χ0) is 11.1. The van der Waals surface area contributed by atoms with Crippen LogP contribution in [0.25, 0.3) is 0 Å². The molecule has 80 valence electrons. The summed E-state index contributed by atoms with van der Waals surface area (Å²) < 4.78 is 4.89. The fraction of sp³-hybridized carbons (Fsp3) is 0.462. The molecule has 0 spiro atoms. The molecule has 2 rings (SSSR count). The Morgan fingerprint density at radius 1 is 1.33 bits per heavy atom. The van der Waals surface area contributed by atoms with Crippen molar-refractivity contribution >= 4 is 5.97 Å². The Morgan fingerprint density at radius 3 is 2.53 bits per heavy atom. The molecule has 2 heteroatoms. The smallest absolute Gasteiger partial charge is 0.316 e. The minimum atomic E-state index is -0.329. The summed E-state index contributed by atoms with van der Waals surface area (Å²) in [5.41, 5.74) is 3.28. The number of carbonyl (C=O) groups excluding carboxylic acids is 1. The van der Waals surface area contributed by atoms with Gasteiger partial charge in [0.05, 0.1) is 12.5 Å². The highest BCUT2D eigenvalue weighted by atomic mass is 16.5. The molecule has 2 nitrogen and oxygen atoms in total. The average molecular weight is 204 g/mol. The number of aryl methyl sites for hydroxylation is 1. The quantitative estimate of drug-likeness (QED) is 0.692. The maximum atomic E-state index is 11.7. The third-order valence-corrected chi connectivity index (χ3v) is 3.45. The molecule has 0 radical (unpaired) electrons. The highest BCUT2D eigenvalue weighted by molar-refractivity contribution is 5.87. The van der Waals surface area contributed by atoms with Crippen LogP contribution in [0.4, 0.5) is 0 Å². The van der Waals surface area contributed by atoms with Gasteiger partial charge in [0.1, 0.15) is 0 Å². The van der Waals surface area contributed by atoms with E-state index in [2.05, 4.69) is 19.9 Å². The minimum absolute atomic E-state index is 0.0869. The number of esters is 1. The standard InChI is InChI=1S/C13H16O2/c1-9-5-4-6-11(10(9)2)13(7-8-13)12(14)15-3/h4-6H,7-8H2,1-3H3. The van der Waals surface area contributed by atoms with E-state index in [1.54, 1.807) is 0 Å². The van der Waals surface area contributed by atoms with Crippen molar-refractivity contribution in [3.8, 4) is 0 Å². The normalized spacial score (nSPS) is 17.3. The summed E-state index contributed by atoms with van der Waals surface area (Å²) in [5, 5.41) is 0. The van der Waals surface area contributed by atoms with Crippen LogP contribution in [-0.2, 0) is 14.9 Å². The van der Waals surface area contributed by atoms with Crippen molar-refractivity contribution in [2.24, 2.45) is 0 Å². The summed E-state index contributed by atoms with van der Waals surface area (Å²) in [4.78, 5) is 11.7. The van der Waals surface area contributed by atoms with Crippen LogP contribution in [0.15, 0.2) is 18.2 Å². The molecule has 1 aromatic rings. The van der Waals surface area contributed by atoms with Crippen LogP contribution in [0.2, 0.25) is 0 Å². The number of benzene rings is 1. The van der Waals surface area contributed by atoms with Gasteiger partial charge < -0.3 is 4.74 Å². The molecule has 0 heterocycles. The lowest BCUT2D eigenvalue weighted by atomic mass is 9.90. The van der Waals surface area contributed by atoms with Crippen LogP contribution in [0.3, 0.4) is 0 Å². The molecule has 1 aromatic carbocycles. The molecule has 0 saturated heterocycles. The first-order valence-corrected chi connectivity index (χ1v) is 5.27. The first kappa shape index (κ1) is 10.2. The fourth-order valence-electron chi connectivity index (χ4n) is 2.17. The average Bonchev–Trinajstić information content (AvgIpc) is 3.02. The van der Waals surface area contributed by atoms with Crippen LogP contribution in [-0.4, -0.2) is 13.1 Å². The first-order valence-electron chi connectivity index (χ1n) is 5.27. The third-order valence-electron chi connectivity index (χ3n) is 3.45. The van der Waals surface area contributed by atoms with Crippen molar-refractivity contribution in [2.45, 2.75) is 32.1 Å². The van der Waals surface area contributed by atoms with Gasteiger partial charge >= 0.3 is 5.97 Å². The van der Waals surface area contributed by atoms with E-state index in [9.17, 15) is 4.79 Å². The SMILES string of the molecule is COC(=O)C1(c2cccc(C)c2C)CC1. The number of ether oxygens (including phenoxy) is 1. The van der Waals surface area contributed by atoms with E-state index in [-0.39, 0.29) is 11.4 Å². The highest BCUT2D eigenvalue weighted by Gasteiger charge is 2.53. The third kappa shape index (κ3) is 1.44. The van der Waals surface area contributed by atoms with Crippen LogP contribution >= 0.6 is 0 Å². The number of methoxy groups -OCH3 is 1. The molecule has 1 fully saturated rings. The number of rotatable bonds is 2. The predicted octanol–water partition coefficient (Wildman–Crippen LogP) is 2.51. The van der Waals surface area contributed by atoms with Crippen molar-refractivity contribution in [3.63, 3.8) is 0 Å². The van der Waals surface area contributed by atoms with Crippen LogP contribution < -0.4 is 0 Å². The van der Waals surface area contributed by atoms with E-state index >= 15 is 0 Å². The topological polar surface area (TPSA) is 26.3 Å². The zero-order valence-corrected chi connectivity index (χ0v) is 9.46. The Balaban J connectivity index is 2.46. The molecule has 1 saturated carbocycles. The van der Waals surface area contributed by atoms with Gasteiger partial charge in [0.2, 0.25) is 0 Å². The molecule has 0 unspecified atom stereocenters. The summed E-state index contributed by atoms with van der Waals surface area (Å²) in [6, 6.07) is 6.14. The second kappa shape index (κ2) is 3.37. The van der Waals surface area contributed by atoms with Gasteiger partial charge in [-0.2, -0.15) is 0 Å². The second-order valence-electron chi connectivity index (χ2n) is 4.32. The number of hydrogen-bond acceptors (Lipinski definition) is 2. The lowest BCUT2D eigenvalue weighted by Gasteiger charge is -2.16. The van der Waals surface area contributed by atoms with Crippen molar-refractivity contribution in [1.29, 1.82) is 0 Å². The molecule has 0 aromatic heterocycles. The van der Waals surface area contributed by atoms with Crippen molar-refractivity contribution < 1.29 is 9.53 Å². The van der Waals surface area contributed by atoms with Gasteiger partial charge in [0.15, 0.2) is 0 Å². The lowest BCUT2D eigenvalue weighted by Crippen LogP contribution is -2.23. The zero-order valence-electron chi connectivity index (χ0n) is 9.46. The molecule has 0 atom stereocenters. The van der Waals surface area contributed by atoms with Crippen LogP contribution in [0, 0.1) is 13.8 Å². The molecular formula is C13H16O2. The largest absolute Gasteiger partial charge is 0.468 e. The molecule has 1 aliphatic carbocycles. The van der Waals surface area contributed by atoms with E-state index in [1.165, 1.54) is 18.2 Å². The van der Waals surface area contributed by atoms with Gasteiger partial charge in [-0.1, -0.05) is 18.2 Å². The molecule has 0 aliphatic heterocycles. The Morgan fingerprint density at radius 2 is 2.00 bits per heavy atom. The molecule has 15 heavy (non-hydrogen) atoms. The van der Waals surface area contributed by atoms with Crippen molar-refractivity contribution in [1.82, 2.24) is 0 Å². The predicted molar refractivity (Wildman–Crippen MR) is 58.8 cm³/mol. The Kier molecular flexibility index (Phi) is 2.29. The van der Waals surface area contributed by atoms with Crippen LogP contribution in [0.1, 0.15) is 29.5 Å². The first-order chi connectivity index (χ1) is 7.12. The lowest BCUT2D eigenvalue weighted by molar-refractivity contribution is -0.143. The highest BCUT2D eigenvalue weighted by Crippen LogP contribution is 2.50. The molecular weight excluding hydrogens is 188 g/mol. The Hall–Kier alpha value is -1.31. The van der Waals surface area contributed by atoms with Gasteiger partial charge in [0.25, 0.3) is 0 Å². The second-order valence-corrected chi connectivity index (χ2v) is 4.32. The molecule has 0 amide bonds. The van der Waals surface area contributed by atoms with Crippen molar-refractivity contribution in [2.75, 3.05) is 7.11 Å². The van der Waals surface area contributed by atoms with Crippen molar-refractivity contribution in [3.05, 3.63) is 34.9 Å². The van der Waals surface area contributed by atoms with E-state index < -0.39 is 0 Å². The summed E-state index contributed by atoms with van der Waals surface area (Å²) in [6.45, 7) is 4.15. The Bertz CT molecular complexity index is 403. The van der Waals surface area contributed by atoms with Gasteiger partial charge in [-0.25, -0.2) is 0 Å². The van der Waals surface area contributed by atoms with E-state index in [0.29, 0.717) is 0 Å². The van der Waals surface area contributed by atoms with E-state index in [1.807, 2.05) is 12.1 Å². The minimum Gasteiger partial charge on any atom is -0.468 e. The maximum absolute atomic E-state index is 11.7. The number of carbonyl (C=O) groups is 1. The van der Waals surface area contributed by atoms with E-state index in [4.69, 9.17) is 4.74 Å².